The van der Waals surface area contributed by atoms with E-state index in [1.165, 1.54) is 47.9 Å². The van der Waals surface area contributed by atoms with Crippen LogP contribution in [-0.2, 0) is 49.6 Å². The van der Waals surface area contributed by atoms with Crippen LogP contribution in [0.25, 0.3) is 0 Å². The van der Waals surface area contributed by atoms with Crippen LogP contribution in [-0.4, -0.2) is 183 Å². The van der Waals surface area contributed by atoms with Crippen molar-refractivity contribution in [1.29, 1.82) is 0 Å². The molecule has 0 radical (unpaired) electrons. The van der Waals surface area contributed by atoms with Crippen molar-refractivity contribution in [3.63, 3.8) is 0 Å². The minimum absolute atomic E-state index is 0.0394. The number of aromatic hydroxyl groups is 1. The van der Waals surface area contributed by atoms with Crippen LogP contribution in [0, 0.1) is 5.92 Å². The summed E-state index contributed by atoms with van der Waals surface area (Å²) in [4.78, 5) is 121. The van der Waals surface area contributed by atoms with E-state index < -0.39 is 133 Å². The van der Waals surface area contributed by atoms with Crippen LogP contribution in [0.3, 0.4) is 0 Å². The van der Waals surface area contributed by atoms with E-state index in [-0.39, 0.29) is 44.5 Å². The van der Waals surface area contributed by atoms with E-state index >= 15 is 0 Å². The van der Waals surface area contributed by atoms with Gasteiger partial charge in [0.25, 0.3) is 0 Å². The third kappa shape index (κ3) is 18.5. The van der Waals surface area contributed by atoms with Crippen LogP contribution in [0.4, 0.5) is 0 Å². The third-order valence-electron chi connectivity index (χ3n) is 11.3. The van der Waals surface area contributed by atoms with Gasteiger partial charge in [0, 0.05) is 13.0 Å². The van der Waals surface area contributed by atoms with E-state index in [1.807, 2.05) is 0 Å². The first-order chi connectivity index (χ1) is 32.3. The second-order valence-corrected chi connectivity index (χ2v) is 17.5. The minimum atomic E-state index is -1.72. The first-order valence-electron chi connectivity index (χ1n) is 22.5. The summed E-state index contributed by atoms with van der Waals surface area (Å²) in [5.41, 5.74) is 11.8. The number of nitrogens with zero attached hydrogens (tertiary/aromatic N) is 1. The molecule has 0 unspecified atom stereocenters. The van der Waals surface area contributed by atoms with Gasteiger partial charge in [-0.15, -0.1) is 0 Å². The van der Waals surface area contributed by atoms with Gasteiger partial charge in [-0.1, -0.05) is 32.4 Å². The number of hydrogen-bond acceptors (Lipinski definition) is 16. The van der Waals surface area contributed by atoms with Gasteiger partial charge in [0.2, 0.25) is 47.3 Å². The van der Waals surface area contributed by atoms with Crippen LogP contribution >= 0.6 is 11.8 Å². The molecular weight excluding hydrogens is 913 g/mol. The van der Waals surface area contributed by atoms with Crippen molar-refractivity contribution >= 4 is 65.0 Å². The number of hydrogen-bond donors (Lipinski definition) is 14. The van der Waals surface area contributed by atoms with E-state index in [0.29, 0.717) is 37.0 Å². The number of rotatable bonds is 30. The van der Waals surface area contributed by atoms with Gasteiger partial charge in [-0.3, -0.25) is 38.4 Å². The van der Waals surface area contributed by atoms with Crippen molar-refractivity contribution in [3.05, 3.63) is 29.8 Å². The summed E-state index contributed by atoms with van der Waals surface area (Å²) < 4.78 is 0. The number of nitrogens with one attached hydrogen (secondary N) is 7. The van der Waals surface area contributed by atoms with Gasteiger partial charge in [-0.2, -0.15) is 11.8 Å². The number of amides is 8. The molecule has 0 bridgehead atoms. The Balaban J connectivity index is 2.34. The maximum atomic E-state index is 14.0. The molecule has 1 aliphatic rings. The van der Waals surface area contributed by atoms with Crippen LogP contribution in [0.1, 0.15) is 71.3 Å². The number of aliphatic hydroxyl groups excluding tert-OH is 3. The monoisotopic (exact) mass is 982 g/mol. The number of carbonyl (C=O) groups excluding carboxylic acids is 8. The van der Waals surface area contributed by atoms with Gasteiger partial charge in [0.05, 0.1) is 25.9 Å². The SMILES string of the molecule is CC[C@H](C)[C@H](NC(=O)[C@H](CO)NC(=O)[C@H](Cc1ccc(O)cc1)NC(=O)[C@H](CO)NC(=O)[C@@H]1CCCN1C(=O)[C@@H](C)N)C(=O)N[C@@H](CCCCN)C(=O)N[C@@H](CCSC)C(=O)N[C@@H](CO)C(=O)O. The summed E-state index contributed by atoms with van der Waals surface area (Å²) in [5.74, 6) is -8.62. The molecule has 0 saturated carbocycles. The number of aliphatic hydroxyl groups is 3. The molecule has 0 spiro atoms. The number of carboxylic acid groups (broad SMARTS) is 1. The zero-order valence-electron chi connectivity index (χ0n) is 38.9. The molecule has 16 N–H and O–H groups in total. The summed E-state index contributed by atoms with van der Waals surface area (Å²) in [6, 6.07) is -6.69. The topological polar surface area (TPSA) is 394 Å². The lowest BCUT2D eigenvalue weighted by Gasteiger charge is -2.29. The smallest absolute Gasteiger partial charge is 0.328 e. The molecule has 1 fully saturated rings. The van der Waals surface area contributed by atoms with Crippen molar-refractivity contribution < 1.29 is 68.7 Å². The van der Waals surface area contributed by atoms with E-state index in [0.717, 1.165) is 0 Å². The molecule has 0 aromatic heterocycles. The third-order valence-corrected chi connectivity index (χ3v) is 11.9. The van der Waals surface area contributed by atoms with Gasteiger partial charge >= 0.3 is 5.97 Å². The number of benzene rings is 1. The highest BCUT2D eigenvalue weighted by molar-refractivity contribution is 7.98. The lowest BCUT2D eigenvalue weighted by Crippen LogP contribution is -2.62. The van der Waals surface area contributed by atoms with Crippen molar-refractivity contribution in [2.75, 3.05) is 44.9 Å². The Bertz CT molecular complexity index is 1860. The molecule has 1 aromatic carbocycles. The number of aliphatic carboxylic acids is 1. The van der Waals surface area contributed by atoms with Gasteiger partial charge in [-0.05, 0) is 87.6 Å². The molecule has 68 heavy (non-hydrogen) atoms. The maximum absolute atomic E-state index is 14.0. The molecule has 10 atom stereocenters. The fourth-order valence-corrected chi connectivity index (χ4v) is 7.53. The number of phenols is 1. The first kappa shape index (κ1) is 58.5. The number of phenolic OH excluding ortho intramolecular Hbond substituents is 1. The highest BCUT2D eigenvalue weighted by atomic mass is 32.2. The second-order valence-electron chi connectivity index (χ2n) is 16.5. The molecule has 2 rings (SSSR count). The van der Waals surface area contributed by atoms with Gasteiger partial charge in [0.15, 0.2) is 0 Å². The largest absolute Gasteiger partial charge is 0.508 e. The van der Waals surface area contributed by atoms with E-state index in [2.05, 4.69) is 37.2 Å². The number of carbonyl (C=O) groups is 9. The standard InChI is InChI=1S/C43H70N10O14S/c1-5-23(2)34(41(64)47-27(9-6-7-16-44)35(58)46-28(15-18-68-4)36(59)51-32(22-56)43(66)67)52-39(62)31(21-55)49-37(60)29(19-25-11-13-26(57)14-12-25)48-38(61)30(20-54)50-40(63)33-10-8-17-53(33)42(65)24(3)45/h11-14,23-24,27-34,54-57H,5-10,15-22,44-45H2,1-4H3,(H,46,58)(H,47,64)(H,48,61)(H,49,60)(H,50,63)(H,51,59)(H,52,62)(H,66,67)/t23-,24+,27-,28-,29-,30-,31-,32-,33-,34-/m0/s1. The van der Waals surface area contributed by atoms with E-state index in [1.54, 1.807) is 20.1 Å². The molecule has 24 nitrogen and oxygen atoms in total. The van der Waals surface area contributed by atoms with Gasteiger partial charge in [0.1, 0.15) is 54.1 Å². The average Bonchev–Trinajstić information content (AvgIpc) is 3.81. The highest BCUT2D eigenvalue weighted by Gasteiger charge is 2.38. The van der Waals surface area contributed by atoms with Crippen molar-refractivity contribution in [3.8, 4) is 5.75 Å². The van der Waals surface area contributed by atoms with Crippen molar-refractivity contribution in [2.24, 2.45) is 17.4 Å². The van der Waals surface area contributed by atoms with Gasteiger partial charge < -0.3 is 79.1 Å². The number of thioether (sulfide) groups is 1. The Labute approximate surface area is 399 Å². The minimum Gasteiger partial charge on any atom is -0.508 e. The molecule has 382 valence electrons. The maximum Gasteiger partial charge on any atom is 0.328 e. The molecular formula is C43H70N10O14S. The van der Waals surface area contributed by atoms with E-state index in [4.69, 9.17) is 11.5 Å². The summed E-state index contributed by atoms with van der Waals surface area (Å²) in [6.45, 7) is 2.51. The molecule has 1 aliphatic heterocycles. The number of likely N-dealkylation sites (tertiary alicyclic amines) is 1. The zero-order valence-corrected chi connectivity index (χ0v) is 39.7. The van der Waals surface area contributed by atoms with Crippen molar-refractivity contribution in [1.82, 2.24) is 42.1 Å². The predicted octanol–water partition coefficient (Wildman–Crippen LogP) is -4.34. The van der Waals surface area contributed by atoms with Gasteiger partial charge in [-0.25, -0.2) is 4.79 Å². The first-order valence-corrected chi connectivity index (χ1v) is 23.9. The van der Waals surface area contributed by atoms with E-state index in [9.17, 15) is 68.7 Å². The fourth-order valence-electron chi connectivity index (χ4n) is 7.06. The lowest BCUT2D eigenvalue weighted by atomic mass is 9.97. The Morgan fingerprint density at radius 3 is 1.75 bits per heavy atom. The van der Waals surface area contributed by atoms with Crippen LogP contribution in [0.2, 0.25) is 0 Å². The molecule has 1 saturated heterocycles. The molecule has 0 aliphatic carbocycles. The summed E-state index contributed by atoms with van der Waals surface area (Å²) in [5, 5.41) is 66.3. The Kier molecular flexibility index (Phi) is 25.8. The van der Waals surface area contributed by atoms with Crippen molar-refractivity contribution in [2.45, 2.75) is 127 Å². The van der Waals surface area contributed by atoms with Crippen LogP contribution < -0.4 is 48.7 Å². The summed E-state index contributed by atoms with van der Waals surface area (Å²) in [7, 11) is 0. The van der Waals surface area contributed by atoms with Crippen LogP contribution in [0.15, 0.2) is 24.3 Å². The fraction of sp³-hybridized carbons (Fsp3) is 0.651. The number of unbranched alkanes of at least 4 members (excludes halogenated alkanes) is 1. The molecule has 1 heterocycles. The average molecular weight is 983 g/mol. The second kappa shape index (κ2) is 30.0. The summed E-state index contributed by atoms with van der Waals surface area (Å²) in [6.07, 6.45) is 3.48. The summed E-state index contributed by atoms with van der Waals surface area (Å²) >= 11 is 1.35. The number of carboxylic acids is 1. The zero-order chi connectivity index (χ0) is 51.1. The highest BCUT2D eigenvalue weighted by Crippen LogP contribution is 2.19. The molecule has 1 aromatic rings. The normalized spacial score (nSPS) is 17.4. The Morgan fingerprint density at radius 1 is 0.706 bits per heavy atom. The van der Waals surface area contributed by atoms with Crippen LogP contribution in [0.5, 0.6) is 5.75 Å². The predicted molar refractivity (Wildman–Crippen MR) is 248 cm³/mol. The Morgan fingerprint density at radius 2 is 1.21 bits per heavy atom. The number of nitrogens with two attached hydrogens (primary N) is 2. The lowest BCUT2D eigenvalue weighted by molar-refractivity contribution is -0.143. The molecule has 8 amide bonds. The Hall–Kier alpha value is -5.60. The molecule has 25 heteroatoms. The quantitative estimate of drug-likeness (QED) is 0.0324.